The average Bonchev–Trinajstić information content (AvgIpc) is 2.62. The highest BCUT2D eigenvalue weighted by molar-refractivity contribution is 7.04. The van der Waals surface area contributed by atoms with Crippen molar-refractivity contribution in [3.8, 4) is 0 Å². The van der Waals surface area contributed by atoms with E-state index in [2.05, 4.69) is 13.8 Å². The molecule has 0 saturated heterocycles. The molecule has 0 aromatic carbocycles. The Morgan fingerprint density at radius 1 is 1.44 bits per heavy atom. The van der Waals surface area contributed by atoms with Gasteiger partial charge in [0, 0.05) is 23.4 Å². The largest absolute Gasteiger partial charge is 0.268 e. The predicted molar refractivity (Wildman–Crippen MR) is 71.5 cm³/mol. The van der Waals surface area contributed by atoms with Crippen molar-refractivity contribution in [2.24, 2.45) is 5.92 Å². The molecule has 1 rings (SSSR count). The Hall–Kier alpha value is -0.280. The Morgan fingerprint density at radius 2 is 2.19 bits per heavy atom. The molecular formula is C12H20ClNOS. The molecule has 1 aromatic heterocycles. The minimum atomic E-state index is 0.118. The van der Waals surface area contributed by atoms with Gasteiger partial charge in [-0.05, 0) is 25.2 Å². The highest BCUT2D eigenvalue weighted by atomic mass is 35.5. The van der Waals surface area contributed by atoms with Crippen LogP contribution in [0.25, 0.3) is 0 Å². The van der Waals surface area contributed by atoms with Crippen LogP contribution in [0.15, 0.2) is 16.2 Å². The summed E-state index contributed by atoms with van der Waals surface area (Å²) in [5, 5.41) is 2.14. The average molecular weight is 262 g/mol. The van der Waals surface area contributed by atoms with E-state index in [9.17, 15) is 4.79 Å². The van der Waals surface area contributed by atoms with Crippen molar-refractivity contribution in [3.05, 3.63) is 21.8 Å². The monoisotopic (exact) mass is 261 g/mol. The zero-order valence-corrected chi connectivity index (χ0v) is 11.6. The second-order valence-corrected chi connectivity index (χ2v) is 5.92. The lowest BCUT2D eigenvalue weighted by atomic mass is 10.0. The molecule has 2 atom stereocenters. The van der Waals surface area contributed by atoms with Crippen LogP contribution < -0.4 is 5.56 Å². The summed E-state index contributed by atoms with van der Waals surface area (Å²) < 4.78 is 1.81. The van der Waals surface area contributed by atoms with Gasteiger partial charge in [-0.15, -0.1) is 11.6 Å². The van der Waals surface area contributed by atoms with Gasteiger partial charge >= 0.3 is 0 Å². The van der Waals surface area contributed by atoms with Crippen molar-refractivity contribution in [2.75, 3.05) is 0 Å². The third-order valence-electron chi connectivity index (χ3n) is 2.70. The van der Waals surface area contributed by atoms with Crippen molar-refractivity contribution in [2.45, 2.75) is 51.5 Å². The van der Waals surface area contributed by atoms with Gasteiger partial charge in [-0.1, -0.05) is 31.8 Å². The molecule has 0 fully saturated rings. The van der Waals surface area contributed by atoms with E-state index < -0.39 is 0 Å². The Morgan fingerprint density at radius 3 is 2.75 bits per heavy atom. The van der Waals surface area contributed by atoms with Crippen molar-refractivity contribution in [1.82, 2.24) is 3.96 Å². The molecule has 0 aliphatic carbocycles. The minimum absolute atomic E-state index is 0.118. The molecule has 16 heavy (non-hydrogen) atoms. The van der Waals surface area contributed by atoms with Gasteiger partial charge in [0.25, 0.3) is 5.56 Å². The highest BCUT2D eigenvalue weighted by Crippen LogP contribution is 2.17. The Labute approximate surface area is 106 Å². The van der Waals surface area contributed by atoms with E-state index in [0.29, 0.717) is 11.3 Å². The summed E-state index contributed by atoms with van der Waals surface area (Å²) in [6.45, 7) is 5.16. The third kappa shape index (κ3) is 4.71. The van der Waals surface area contributed by atoms with E-state index in [1.807, 2.05) is 9.34 Å². The lowest BCUT2D eigenvalue weighted by Gasteiger charge is -2.13. The Bertz CT molecular complexity index is 347. The SMILES string of the molecule is CCCC(Cl)CCC(C)Cn1sccc1=O. The number of nitrogens with zero attached hydrogens (tertiary/aromatic N) is 1. The van der Waals surface area contributed by atoms with Crippen molar-refractivity contribution >= 4 is 23.1 Å². The number of hydrogen-bond donors (Lipinski definition) is 0. The minimum Gasteiger partial charge on any atom is -0.268 e. The molecule has 1 heterocycles. The lowest BCUT2D eigenvalue weighted by molar-refractivity contribution is 0.439. The fourth-order valence-electron chi connectivity index (χ4n) is 1.73. The topological polar surface area (TPSA) is 22.0 Å². The summed E-state index contributed by atoms with van der Waals surface area (Å²) in [5.74, 6) is 0.523. The summed E-state index contributed by atoms with van der Waals surface area (Å²) in [7, 11) is 0. The molecule has 2 unspecified atom stereocenters. The Balaban J connectivity index is 2.28. The van der Waals surface area contributed by atoms with Gasteiger partial charge in [-0.25, -0.2) is 0 Å². The van der Waals surface area contributed by atoms with E-state index >= 15 is 0 Å². The number of rotatable bonds is 7. The van der Waals surface area contributed by atoms with Crippen LogP contribution in [0.1, 0.15) is 39.5 Å². The Kier molecular flexibility index (Phi) is 6.14. The summed E-state index contributed by atoms with van der Waals surface area (Å²) in [6, 6.07) is 1.62. The molecule has 0 spiro atoms. The fraction of sp³-hybridized carbons (Fsp3) is 0.750. The maximum absolute atomic E-state index is 11.3. The van der Waals surface area contributed by atoms with Crippen LogP contribution >= 0.6 is 23.1 Å². The van der Waals surface area contributed by atoms with Crippen LogP contribution in [0.5, 0.6) is 0 Å². The zero-order valence-electron chi connectivity index (χ0n) is 9.99. The van der Waals surface area contributed by atoms with Crippen molar-refractivity contribution in [3.63, 3.8) is 0 Å². The van der Waals surface area contributed by atoms with Crippen LogP contribution in [0.3, 0.4) is 0 Å². The van der Waals surface area contributed by atoms with Crippen LogP contribution in [-0.4, -0.2) is 9.33 Å². The van der Waals surface area contributed by atoms with Gasteiger partial charge in [0.1, 0.15) is 0 Å². The van der Waals surface area contributed by atoms with E-state index in [1.54, 1.807) is 6.07 Å². The van der Waals surface area contributed by atoms with E-state index in [-0.39, 0.29) is 5.56 Å². The second kappa shape index (κ2) is 7.13. The molecule has 0 aliphatic rings. The van der Waals surface area contributed by atoms with Gasteiger partial charge in [0.2, 0.25) is 0 Å². The summed E-state index contributed by atoms with van der Waals surface area (Å²) in [6.07, 6.45) is 4.38. The first kappa shape index (κ1) is 13.8. The van der Waals surface area contributed by atoms with E-state index in [4.69, 9.17) is 11.6 Å². The maximum atomic E-state index is 11.3. The number of alkyl halides is 1. The van der Waals surface area contributed by atoms with Crippen LogP contribution in [0.4, 0.5) is 0 Å². The van der Waals surface area contributed by atoms with Crippen molar-refractivity contribution in [1.29, 1.82) is 0 Å². The van der Waals surface area contributed by atoms with Gasteiger partial charge in [-0.2, -0.15) is 0 Å². The zero-order chi connectivity index (χ0) is 12.0. The van der Waals surface area contributed by atoms with Crippen molar-refractivity contribution < 1.29 is 0 Å². The molecule has 0 bridgehead atoms. The van der Waals surface area contributed by atoms with Gasteiger partial charge < -0.3 is 0 Å². The van der Waals surface area contributed by atoms with Crippen LogP contribution in [0.2, 0.25) is 0 Å². The molecule has 0 N–H and O–H groups in total. The molecule has 2 nitrogen and oxygen atoms in total. The van der Waals surface area contributed by atoms with E-state index in [0.717, 1.165) is 32.2 Å². The highest BCUT2D eigenvalue weighted by Gasteiger charge is 2.09. The predicted octanol–water partition coefficient (Wildman–Crippen LogP) is 3.73. The standard InChI is InChI=1S/C12H20ClNOS/c1-3-4-11(13)6-5-10(2)9-14-12(15)7-8-16-14/h7-8,10-11H,3-6,9H2,1-2H3. The number of hydrogen-bond acceptors (Lipinski definition) is 2. The van der Waals surface area contributed by atoms with Gasteiger partial charge in [-0.3, -0.25) is 8.75 Å². The summed E-state index contributed by atoms with van der Waals surface area (Å²) >= 11 is 7.67. The summed E-state index contributed by atoms with van der Waals surface area (Å²) in [4.78, 5) is 11.3. The molecule has 0 aliphatic heterocycles. The molecule has 0 saturated carbocycles. The molecule has 0 amide bonds. The quantitative estimate of drug-likeness (QED) is 0.686. The second-order valence-electron chi connectivity index (χ2n) is 4.38. The molecule has 0 radical (unpaired) electrons. The fourth-order valence-corrected chi connectivity index (χ4v) is 2.90. The van der Waals surface area contributed by atoms with Gasteiger partial charge in [0.15, 0.2) is 0 Å². The van der Waals surface area contributed by atoms with Crippen LogP contribution in [0, 0.1) is 5.92 Å². The van der Waals surface area contributed by atoms with Gasteiger partial charge in [0.05, 0.1) is 0 Å². The smallest absolute Gasteiger partial charge is 0.260 e. The normalized spacial score (nSPS) is 14.9. The first-order valence-electron chi connectivity index (χ1n) is 5.92. The molecule has 4 heteroatoms. The maximum Gasteiger partial charge on any atom is 0.260 e. The number of aromatic nitrogens is 1. The van der Waals surface area contributed by atoms with E-state index in [1.165, 1.54) is 11.5 Å². The molecular weight excluding hydrogens is 242 g/mol. The third-order valence-corrected chi connectivity index (χ3v) is 3.97. The first-order valence-corrected chi connectivity index (χ1v) is 7.19. The molecule has 92 valence electrons. The van der Waals surface area contributed by atoms with Crippen LogP contribution in [-0.2, 0) is 6.54 Å². The number of halogens is 1. The summed E-state index contributed by atoms with van der Waals surface area (Å²) in [5.41, 5.74) is 0.118. The first-order chi connectivity index (χ1) is 7.63. The lowest BCUT2D eigenvalue weighted by Crippen LogP contribution is -2.17. The molecule has 1 aromatic rings.